The number of pyridine rings is 1. The summed E-state index contributed by atoms with van der Waals surface area (Å²) >= 11 is 1.34. The molecule has 3 aromatic rings. The Kier molecular flexibility index (Phi) is 11.3. The molecule has 1 fully saturated rings. The Morgan fingerprint density at radius 3 is 2.39 bits per heavy atom. The Bertz CT molecular complexity index is 1410. The van der Waals surface area contributed by atoms with Crippen LogP contribution in [0, 0.1) is 6.92 Å². The predicted octanol–water partition coefficient (Wildman–Crippen LogP) is 5.72. The van der Waals surface area contributed by atoms with Crippen molar-refractivity contribution in [1.82, 2.24) is 19.7 Å². The highest BCUT2D eigenvalue weighted by atomic mass is 32.1. The van der Waals surface area contributed by atoms with Gasteiger partial charge in [-0.1, -0.05) is 18.2 Å². The van der Waals surface area contributed by atoms with Crippen molar-refractivity contribution in [3.8, 4) is 0 Å². The number of urea groups is 1. The third-order valence-electron chi connectivity index (χ3n) is 7.03. The average molecular weight is 622 g/mol. The van der Waals surface area contributed by atoms with E-state index in [-0.39, 0.29) is 11.7 Å². The number of ether oxygens (including phenoxy) is 1. The molecule has 1 aromatic carbocycles. The van der Waals surface area contributed by atoms with Crippen LogP contribution in [0.4, 0.5) is 26.7 Å². The molecule has 0 spiro atoms. The number of hydrogen-bond acceptors (Lipinski definition) is 8. The molecule has 1 aliphatic rings. The molecule has 3 N–H and O–H groups in total. The van der Waals surface area contributed by atoms with Crippen LogP contribution in [0.3, 0.4) is 0 Å². The number of aromatic nitrogens is 1. The van der Waals surface area contributed by atoms with Gasteiger partial charge in [-0.2, -0.15) is 0 Å². The van der Waals surface area contributed by atoms with E-state index in [1.54, 1.807) is 48.7 Å². The molecule has 0 atom stereocenters. The van der Waals surface area contributed by atoms with Gasteiger partial charge in [0.1, 0.15) is 11.3 Å². The number of hydrogen-bond donors (Lipinski definition) is 3. The monoisotopic (exact) mass is 621 g/mol. The molecule has 1 saturated heterocycles. The molecule has 11 nitrogen and oxygen atoms in total. The number of benzene rings is 1. The summed E-state index contributed by atoms with van der Waals surface area (Å²) in [5, 5.41) is 11.9. The van der Waals surface area contributed by atoms with Gasteiger partial charge >= 0.3 is 12.1 Å². The minimum atomic E-state index is -0.642. The molecule has 12 heteroatoms. The molecule has 4 amide bonds. The Labute approximate surface area is 263 Å². The zero-order valence-electron chi connectivity index (χ0n) is 26.2. The van der Waals surface area contributed by atoms with Crippen molar-refractivity contribution < 1.29 is 19.1 Å². The molecule has 0 unspecified atom stereocenters. The molecule has 1 aliphatic heterocycles. The van der Waals surface area contributed by atoms with Crippen molar-refractivity contribution in [3.63, 3.8) is 0 Å². The van der Waals surface area contributed by atoms with Crippen LogP contribution in [0.2, 0.25) is 0 Å². The van der Waals surface area contributed by atoms with Crippen LogP contribution < -0.4 is 16.0 Å². The third kappa shape index (κ3) is 10.3. The van der Waals surface area contributed by atoms with Gasteiger partial charge in [0.15, 0.2) is 0 Å². The van der Waals surface area contributed by atoms with Crippen LogP contribution >= 0.6 is 11.3 Å². The number of piperazine rings is 1. The lowest BCUT2D eigenvalue weighted by Crippen LogP contribution is -2.45. The highest BCUT2D eigenvalue weighted by Gasteiger charge is 2.20. The zero-order valence-corrected chi connectivity index (χ0v) is 27.0. The van der Waals surface area contributed by atoms with Crippen LogP contribution in [0.15, 0.2) is 53.4 Å². The van der Waals surface area contributed by atoms with Crippen LogP contribution in [0.1, 0.15) is 48.8 Å². The molecule has 0 aliphatic carbocycles. The Balaban J connectivity index is 1.37. The summed E-state index contributed by atoms with van der Waals surface area (Å²) < 4.78 is 5.31. The second-order valence-corrected chi connectivity index (χ2v) is 12.8. The van der Waals surface area contributed by atoms with Gasteiger partial charge in [0.05, 0.1) is 11.4 Å². The number of carbonyl (C=O) groups excluding carboxylic acids is 3. The van der Waals surface area contributed by atoms with Gasteiger partial charge < -0.3 is 30.1 Å². The van der Waals surface area contributed by atoms with Crippen LogP contribution in [0.25, 0.3) is 0 Å². The Morgan fingerprint density at radius 1 is 1.00 bits per heavy atom. The van der Waals surface area contributed by atoms with E-state index in [0.29, 0.717) is 24.5 Å². The van der Waals surface area contributed by atoms with Crippen LogP contribution in [-0.2, 0) is 11.3 Å². The van der Waals surface area contributed by atoms with Crippen molar-refractivity contribution in [1.29, 1.82) is 0 Å². The van der Waals surface area contributed by atoms with Crippen molar-refractivity contribution in [3.05, 3.63) is 70.2 Å². The lowest BCUT2D eigenvalue weighted by Gasteiger charge is -2.33. The molecule has 236 valence electrons. The van der Waals surface area contributed by atoms with Gasteiger partial charge in [0, 0.05) is 61.9 Å². The highest BCUT2D eigenvalue weighted by molar-refractivity contribution is 7.09. The fraction of sp³-hybridized carbons (Fsp3) is 0.438. The van der Waals surface area contributed by atoms with Gasteiger partial charge in [-0.25, -0.2) is 9.59 Å². The van der Waals surface area contributed by atoms with E-state index in [2.05, 4.69) is 37.8 Å². The number of aryl methyl sites for hydroxylation is 1. The van der Waals surface area contributed by atoms with E-state index in [9.17, 15) is 14.4 Å². The Hall–Kier alpha value is -4.00. The maximum absolute atomic E-state index is 13.4. The van der Waals surface area contributed by atoms with E-state index >= 15 is 0 Å². The summed E-state index contributed by atoms with van der Waals surface area (Å²) in [6, 6.07) is 11.0. The molecule has 4 rings (SSSR count). The first kappa shape index (κ1) is 32.9. The summed E-state index contributed by atoms with van der Waals surface area (Å²) in [4.78, 5) is 49.5. The third-order valence-corrected chi connectivity index (χ3v) is 7.77. The molecule has 0 saturated carbocycles. The van der Waals surface area contributed by atoms with Crippen molar-refractivity contribution in [2.24, 2.45) is 0 Å². The lowest BCUT2D eigenvalue weighted by molar-refractivity contribution is 0.0635. The van der Waals surface area contributed by atoms with E-state index in [1.165, 1.54) is 11.3 Å². The quantitative estimate of drug-likeness (QED) is 0.265. The maximum Gasteiger partial charge on any atom is 0.412 e. The summed E-state index contributed by atoms with van der Waals surface area (Å²) in [6.45, 7) is 13.4. The molecule has 0 radical (unpaired) electrons. The summed E-state index contributed by atoms with van der Waals surface area (Å²) in [6.07, 6.45) is 1.86. The van der Waals surface area contributed by atoms with Gasteiger partial charge in [-0.15, -0.1) is 11.3 Å². The van der Waals surface area contributed by atoms with Crippen LogP contribution in [0.5, 0.6) is 0 Å². The molecule has 44 heavy (non-hydrogen) atoms. The number of nitrogens with one attached hydrogen (secondary N) is 3. The average Bonchev–Trinajstić information content (AvgIpc) is 3.38. The first-order valence-corrected chi connectivity index (χ1v) is 15.8. The number of rotatable bonds is 10. The fourth-order valence-corrected chi connectivity index (χ4v) is 5.41. The minimum absolute atomic E-state index is 0.182. The van der Waals surface area contributed by atoms with Gasteiger partial charge in [-0.3, -0.25) is 15.1 Å². The standard InChI is InChI=1S/C32H43N7O4S/c1-23-8-6-9-25(18-23)34-30(41)39(13-7-12-38-16-14-37(5)15-17-38)20-24-10-11-26(33-19-24)29(40)35-27-21-44-22-28(27)36-31(42)43-32(2,3)4/h6,8-11,18-19,21-22H,7,12-17,20H2,1-5H3,(H,34,41)(H,35,40)(H,36,42). The first-order valence-electron chi connectivity index (χ1n) is 14.8. The second kappa shape index (κ2) is 15.1. The van der Waals surface area contributed by atoms with Crippen molar-refractivity contribution in [2.75, 3.05) is 62.3 Å². The van der Waals surface area contributed by atoms with E-state index in [4.69, 9.17) is 4.74 Å². The number of carbonyl (C=O) groups is 3. The van der Waals surface area contributed by atoms with E-state index < -0.39 is 17.6 Å². The SMILES string of the molecule is Cc1cccc(NC(=O)N(CCCN2CCN(C)CC2)Cc2ccc(C(=O)Nc3cscc3NC(=O)OC(C)(C)C)nc2)c1. The number of likely N-dealkylation sites (N-methyl/N-ethyl adjacent to an activating group) is 1. The number of anilines is 3. The van der Waals surface area contributed by atoms with Gasteiger partial charge in [-0.05, 0) is 77.0 Å². The molecule has 2 aromatic heterocycles. The van der Waals surface area contributed by atoms with Crippen LogP contribution in [-0.4, -0.2) is 89.6 Å². The number of nitrogens with zero attached hydrogens (tertiary/aromatic N) is 4. The van der Waals surface area contributed by atoms with Crippen molar-refractivity contribution >= 4 is 46.4 Å². The lowest BCUT2D eigenvalue weighted by atomic mass is 10.2. The number of thiophene rings is 1. The topological polar surface area (TPSA) is 119 Å². The van der Waals surface area contributed by atoms with Gasteiger partial charge in [0.2, 0.25) is 0 Å². The summed E-state index contributed by atoms with van der Waals surface area (Å²) in [5.74, 6) is -0.414. The fourth-order valence-electron chi connectivity index (χ4n) is 4.70. The first-order chi connectivity index (χ1) is 20.9. The smallest absolute Gasteiger partial charge is 0.412 e. The zero-order chi connectivity index (χ0) is 31.7. The second-order valence-electron chi connectivity index (χ2n) is 12.1. The maximum atomic E-state index is 13.4. The van der Waals surface area contributed by atoms with E-state index in [0.717, 1.165) is 56.0 Å². The predicted molar refractivity (Wildman–Crippen MR) is 176 cm³/mol. The van der Waals surface area contributed by atoms with Gasteiger partial charge in [0.25, 0.3) is 5.91 Å². The summed E-state index contributed by atoms with van der Waals surface area (Å²) in [5.41, 5.74) is 3.10. The summed E-state index contributed by atoms with van der Waals surface area (Å²) in [7, 11) is 2.14. The van der Waals surface area contributed by atoms with E-state index in [1.807, 2.05) is 37.3 Å². The minimum Gasteiger partial charge on any atom is -0.444 e. The normalized spacial score (nSPS) is 14.1. The molecule has 0 bridgehead atoms. The Morgan fingerprint density at radius 2 is 1.73 bits per heavy atom. The number of amides is 4. The molecular weight excluding hydrogens is 578 g/mol. The highest BCUT2D eigenvalue weighted by Crippen LogP contribution is 2.27. The molecular formula is C32H43N7O4S. The molecule has 3 heterocycles. The largest absolute Gasteiger partial charge is 0.444 e. The van der Waals surface area contributed by atoms with Crippen molar-refractivity contribution in [2.45, 2.75) is 46.3 Å².